The zero-order valence-corrected chi connectivity index (χ0v) is 15.6. The summed E-state index contributed by atoms with van der Waals surface area (Å²) < 4.78 is 6.03. The Morgan fingerprint density at radius 1 is 1.04 bits per heavy atom. The fraction of sp³-hybridized carbons (Fsp3) is 0.304. The molecule has 0 radical (unpaired) electrons. The van der Waals surface area contributed by atoms with Crippen molar-refractivity contribution in [1.29, 1.82) is 0 Å². The Labute approximate surface area is 160 Å². The molecule has 4 rings (SSSR count). The van der Waals surface area contributed by atoms with Crippen molar-refractivity contribution < 1.29 is 4.74 Å². The van der Waals surface area contributed by atoms with Crippen LogP contribution in [0.4, 0.5) is 0 Å². The minimum absolute atomic E-state index is 0.298. The first-order chi connectivity index (χ1) is 12.8. The molecule has 3 heteroatoms. The molecule has 1 fully saturated rings. The Balaban J connectivity index is 1.40. The molecule has 2 aliphatic rings. The summed E-state index contributed by atoms with van der Waals surface area (Å²) in [6.45, 7) is 3.77. The molecule has 1 aliphatic carbocycles. The molecule has 0 N–H and O–H groups in total. The van der Waals surface area contributed by atoms with Gasteiger partial charge in [0.15, 0.2) is 0 Å². The quantitative estimate of drug-likeness (QED) is 0.725. The lowest BCUT2D eigenvalue weighted by Crippen LogP contribution is -2.45. The van der Waals surface area contributed by atoms with Crippen molar-refractivity contribution in [3.8, 4) is 11.1 Å². The highest BCUT2D eigenvalue weighted by Crippen LogP contribution is 2.28. The van der Waals surface area contributed by atoms with Crippen molar-refractivity contribution in [2.45, 2.75) is 19.1 Å². The van der Waals surface area contributed by atoms with Gasteiger partial charge in [0.1, 0.15) is 0 Å². The predicted octanol–water partition coefficient (Wildman–Crippen LogP) is 5.34. The van der Waals surface area contributed by atoms with Crippen LogP contribution in [0.5, 0.6) is 0 Å². The van der Waals surface area contributed by atoms with E-state index in [1.807, 2.05) is 18.2 Å². The van der Waals surface area contributed by atoms with Crippen molar-refractivity contribution in [3.63, 3.8) is 0 Å². The first kappa shape index (κ1) is 17.5. The second kappa shape index (κ2) is 8.22. The van der Waals surface area contributed by atoms with Gasteiger partial charge in [0, 0.05) is 36.1 Å². The van der Waals surface area contributed by atoms with Gasteiger partial charge in [-0.2, -0.15) is 0 Å². The summed E-state index contributed by atoms with van der Waals surface area (Å²) in [5.74, 6) is 0.505. The van der Waals surface area contributed by atoms with E-state index >= 15 is 0 Å². The monoisotopic (exact) mass is 365 g/mol. The lowest BCUT2D eigenvalue weighted by atomic mass is 9.93. The number of ether oxygens (including phenoxy) is 1. The summed E-state index contributed by atoms with van der Waals surface area (Å²) >= 11 is 6.31. The molecule has 0 amide bonds. The van der Waals surface area contributed by atoms with Gasteiger partial charge >= 0.3 is 0 Å². The number of halogens is 1. The van der Waals surface area contributed by atoms with Crippen LogP contribution < -0.4 is 0 Å². The van der Waals surface area contributed by atoms with Gasteiger partial charge in [-0.3, -0.25) is 4.90 Å². The Morgan fingerprint density at radius 2 is 1.88 bits per heavy atom. The van der Waals surface area contributed by atoms with Crippen molar-refractivity contribution in [3.05, 3.63) is 83.4 Å². The first-order valence-electron chi connectivity index (χ1n) is 9.31. The molecule has 0 saturated carbocycles. The summed E-state index contributed by atoms with van der Waals surface area (Å²) in [6, 6.07) is 16.8. The number of rotatable bonds is 4. The second-order valence-electron chi connectivity index (χ2n) is 7.03. The topological polar surface area (TPSA) is 12.5 Å². The fourth-order valence-corrected chi connectivity index (χ4v) is 4.00. The number of benzene rings is 2. The summed E-state index contributed by atoms with van der Waals surface area (Å²) in [5, 5.41) is 0.797. The van der Waals surface area contributed by atoms with E-state index in [4.69, 9.17) is 16.3 Å². The van der Waals surface area contributed by atoms with Crippen LogP contribution in [0.1, 0.15) is 12.0 Å². The molecule has 2 nitrogen and oxygen atoms in total. The van der Waals surface area contributed by atoms with Gasteiger partial charge in [-0.15, -0.1) is 0 Å². The number of morpholine rings is 1. The highest BCUT2D eigenvalue weighted by molar-refractivity contribution is 6.33. The van der Waals surface area contributed by atoms with Crippen LogP contribution in [0.3, 0.4) is 0 Å². The Kier molecular flexibility index (Phi) is 5.54. The van der Waals surface area contributed by atoms with Gasteiger partial charge in [-0.25, -0.2) is 0 Å². The third kappa shape index (κ3) is 4.09. The van der Waals surface area contributed by atoms with E-state index in [9.17, 15) is 0 Å². The van der Waals surface area contributed by atoms with Crippen LogP contribution in [0.25, 0.3) is 11.1 Å². The zero-order chi connectivity index (χ0) is 17.8. The van der Waals surface area contributed by atoms with Crippen LogP contribution in [0.2, 0.25) is 5.02 Å². The average Bonchev–Trinajstić information content (AvgIpc) is 2.70. The molecule has 26 heavy (non-hydrogen) atoms. The first-order valence-corrected chi connectivity index (χ1v) is 9.68. The van der Waals surface area contributed by atoms with Crippen LogP contribution in [0, 0.1) is 5.92 Å². The van der Waals surface area contributed by atoms with E-state index in [-0.39, 0.29) is 0 Å². The van der Waals surface area contributed by atoms with E-state index < -0.39 is 0 Å². The van der Waals surface area contributed by atoms with Crippen LogP contribution in [-0.4, -0.2) is 30.7 Å². The second-order valence-corrected chi connectivity index (χ2v) is 7.44. The maximum Gasteiger partial charge on any atom is 0.0768 e. The van der Waals surface area contributed by atoms with E-state index in [0.29, 0.717) is 12.0 Å². The summed E-state index contributed by atoms with van der Waals surface area (Å²) in [7, 11) is 0. The van der Waals surface area contributed by atoms with Crippen molar-refractivity contribution in [2.24, 2.45) is 5.92 Å². The maximum atomic E-state index is 6.31. The molecule has 0 aromatic heterocycles. The summed E-state index contributed by atoms with van der Waals surface area (Å²) in [4.78, 5) is 2.50. The molecule has 2 atom stereocenters. The van der Waals surface area contributed by atoms with Crippen LogP contribution in [0.15, 0.2) is 72.8 Å². The van der Waals surface area contributed by atoms with Crippen molar-refractivity contribution in [1.82, 2.24) is 4.90 Å². The number of nitrogens with zero attached hydrogens (tertiary/aromatic N) is 1. The molecule has 1 saturated heterocycles. The SMILES string of the molecule is Clc1ccccc1-c1ccc(CN2CCO[C@@H]([C@@H]3C=CC=CC3)C2)cc1. The number of hydrogen-bond donors (Lipinski definition) is 0. The van der Waals surface area contributed by atoms with Crippen LogP contribution >= 0.6 is 11.6 Å². The Morgan fingerprint density at radius 3 is 2.65 bits per heavy atom. The predicted molar refractivity (Wildman–Crippen MR) is 108 cm³/mol. The largest absolute Gasteiger partial charge is 0.375 e. The molecular weight excluding hydrogens is 342 g/mol. The smallest absolute Gasteiger partial charge is 0.0768 e. The molecule has 1 aliphatic heterocycles. The molecule has 0 bridgehead atoms. The lowest BCUT2D eigenvalue weighted by molar-refractivity contribution is -0.0504. The number of allylic oxidation sites excluding steroid dienone is 3. The minimum Gasteiger partial charge on any atom is -0.375 e. The van der Waals surface area contributed by atoms with Gasteiger partial charge in [0.05, 0.1) is 12.7 Å². The Bertz CT molecular complexity index is 796. The van der Waals surface area contributed by atoms with Crippen LogP contribution in [-0.2, 0) is 11.3 Å². The number of hydrogen-bond acceptors (Lipinski definition) is 2. The minimum atomic E-state index is 0.298. The molecular formula is C23H24ClNO. The molecule has 2 aromatic rings. The summed E-state index contributed by atoms with van der Waals surface area (Å²) in [6.07, 6.45) is 10.2. The lowest BCUT2D eigenvalue weighted by Gasteiger charge is -2.36. The van der Waals surface area contributed by atoms with Gasteiger partial charge < -0.3 is 4.74 Å². The highest BCUT2D eigenvalue weighted by Gasteiger charge is 2.26. The highest BCUT2D eigenvalue weighted by atomic mass is 35.5. The third-order valence-corrected chi connectivity index (χ3v) is 5.54. The zero-order valence-electron chi connectivity index (χ0n) is 14.9. The van der Waals surface area contributed by atoms with Crippen molar-refractivity contribution >= 4 is 11.6 Å². The van der Waals surface area contributed by atoms with E-state index in [1.165, 1.54) is 11.1 Å². The molecule has 1 heterocycles. The summed E-state index contributed by atoms with van der Waals surface area (Å²) in [5.41, 5.74) is 3.59. The maximum absolute atomic E-state index is 6.31. The van der Waals surface area contributed by atoms with Gasteiger partial charge in [0.25, 0.3) is 0 Å². The van der Waals surface area contributed by atoms with Crippen molar-refractivity contribution in [2.75, 3.05) is 19.7 Å². The standard InChI is InChI=1S/C23H24ClNO/c24-22-9-5-4-8-21(22)19-12-10-18(11-13-19)16-25-14-15-26-23(17-25)20-6-2-1-3-7-20/h1-6,8-13,20,23H,7,14-17H2/t20-,23-/m1/s1. The molecule has 0 unspecified atom stereocenters. The molecule has 0 spiro atoms. The fourth-order valence-electron chi connectivity index (χ4n) is 3.75. The van der Waals surface area contributed by atoms with E-state index in [2.05, 4.69) is 59.5 Å². The van der Waals surface area contributed by atoms with E-state index in [1.54, 1.807) is 0 Å². The van der Waals surface area contributed by atoms with Gasteiger partial charge in [-0.05, 0) is 23.6 Å². The van der Waals surface area contributed by atoms with E-state index in [0.717, 1.165) is 43.2 Å². The third-order valence-electron chi connectivity index (χ3n) is 5.21. The molecule has 2 aromatic carbocycles. The molecule has 134 valence electrons. The Hall–Kier alpha value is -1.87. The van der Waals surface area contributed by atoms with Gasteiger partial charge in [-0.1, -0.05) is 78.4 Å². The average molecular weight is 366 g/mol. The normalized spacial score (nSPS) is 23.3. The van der Waals surface area contributed by atoms with Gasteiger partial charge in [0.2, 0.25) is 0 Å².